The first-order valence-corrected chi connectivity index (χ1v) is 9.04. The van der Waals surface area contributed by atoms with Gasteiger partial charge in [-0.3, -0.25) is 15.1 Å². The van der Waals surface area contributed by atoms with Crippen molar-refractivity contribution >= 4 is 12.0 Å². The van der Waals surface area contributed by atoms with Crippen LogP contribution in [0.1, 0.15) is 46.2 Å². The maximum atomic E-state index is 13.3. The zero-order valence-electron chi connectivity index (χ0n) is 16.5. The topological polar surface area (TPSA) is 87.9 Å². The molecule has 1 unspecified atom stereocenters. The van der Waals surface area contributed by atoms with Crippen molar-refractivity contribution in [1.82, 2.24) is 15.2 Å². The van der Waals surface area contributed by atoms with Gasteiger partial charge in [0.25, 0.3) is 5.91 Å². The van der Waals surface area contributed by atoms with Gasteiger partial charge >= 0.3 is 6.09 Å². The third-order valence-electron chi connectivity index (χ3n) is 4.57. The van der Waals surface area contributed by atoms with Crippen LogP contribution in [-0.2, 0) is 9.53 Å². The van der Waals surface area contributed by atoms with Crippen molar-refractivity contribution in [2.24, 2.45) is 5.84 Å². The zero-order chi connectivity index (χ0) is 20.4. The highest BCUT2D eigenvalue weighted by atomic mass is 19.1. The van der Waals surface area contributed by atoms with E-state index in [-0.39, 0.29) is 29.9 Å². The van der Waals surface area contributed by atoms with Gasteiger partial charge in [-0.15, -0.1) is 0 Å². The smallest absolute Gasteiger partial charge is 0.410 e. The van der Waals surface area contributed by atoms with Gasteiger partial charge in [0, 0.05) is 25.2 Å². The summed E-state index contributed by atoms with van der Waals surface area (Å²) in [5, 5.41) is 0. The van der Waals surface area contributed by atoms with Crippen LogP contribution in [0.15, 0.2) is 24.3 Å². The Labute approximate surface area is 159 Å². The molecule has 0 saturated carbocycles. The first kappa shape index (κ1) is 21.1. The fourth-order valence-corrected chi connectivity index (χ4v) is 3.31. The van der Waals surface area contributed by atoms with Gasteiger partial charge in [-0.1, -0.05) is 12.1 Å². The summed E-state index contributed by atoms with van der Waals surface area (Å²) < 4.78 is 18.8. The summed E-state index contributed by atoms with van der Waals surface area (Å²) in [5.74, 6) is 4.63. The van der Waals surface area contributed by atoms with Gasteiger partial charge in [-0.2, -0.15) is 0 Å². The lowest BCUT2D eigenvalue weighted by atomic mass is 9.99. The number of carbonyl (C=O) groups excluding carboxylic acids is 2. The average molecular weight is 380 g/mol. The monoisotopic (exact) mass is 380 g/mol. The van der Waals surface area contributed by atoms with Gasteiger partial charge in [0.05, 0.1) is 0 Å². The first-order valence-electron chi connectivity index (χ1n) is 9.04. The van der Waals surface area contributed by atoms with Crippen molar-refractivity contribution < 1.29 is 18.7 Å². The summed E-state index contributed by atoms with van der Waals surface area (Å²) in [7, 11) is 0. The van der Waals surface area contributed by atoms with E-state index in [1.54, 1.807) is 17.0 Å². The van der Waals surface area contributed by atoms with Crippen molar-refractivity contribution in [1.29, 1.82) is 0 Å². The first-order chi connectivity index (χ1) is 12.5. The normalized spacial score (nSPS) is 22.3. The summed E-state index contributed by atoms with van der Waals surface area (Å²) in [6.07, 6.45) is -0.372. The molecular weight excluding hydrogens is 351 g/mol. The highest BCUT2D eigenvalue weighted by molar-refractivity contribution is 5.82. The maximum Gasteiger partial charge on any atom is 0.410 e. The molecule has 3 N–H and O–H groups in total. The fourth-order valence-electron chi connectivity index (χ4n) is 3.31. The Hall–Kier alpha value is -2.19. The molecule has 0 aromatic heterocycles. The minimum atomic E-state index is -0.672. The van der Waals surface area contributed by atoms with Gasteiger partial charge in [-0.05, 0) is 52.3 Å². The molecule has 1 fully saturated rings. The van der Waals surface area contributed by atoms with E-state index >= 15 is 0 Å². The van der Waals surface area contributed by atoms with Crippen LogP contribution in [0.4, 0.5) is 9.18 Å². The minimum absolute atomic E-state index is 0.124. The Kier molecular flexibility index (Phi) is 6.43. The van der Waals surface area contributed by atoms with Gasteiger partial charge in [0.2, 0.25) is 0 Å². The number of hydrazine groups is 1. The van der Waals surface area contributed by atoms with Crippen LogP contribution in [0.5, 0.6) is 0 Å². The number of piperazine rings is 1. The molecule has 1 aliphatic rings. The second-order valence-electron chi connectivity index (χ2n) is 7.99. The van der Waals surface area contributed by atoms with Crippen LogP contribution in [0, 0.1) is 5.82 Å². The highest BCUT2D eigenvalue weighted by Crippen LogP contribution is 2.28. The largest absolute Gasteiger partial charge is 0.444 e. The Morgan fingerprint density at radius 3 is 2.30 bits per heavy atom. The molecule has 1 saturated heterocycles. The van der Waals surface area contributed by atoms with Crippen LogP contribution in [0.2, 0.25) is 0 Å². The van der Waals surface area contributed by atoms with E-state index in [1.165, 1.54) is 12.1 Å². The number of amides is 2. The molecular formula is C19H29FN4O3. The van der Waals surface area contributed by atoms with E-state index < -0.39 is 11.6 Å². The number of carbonyl (C=O) groups is 2. The molecule has 0 spiro atoms. The van der Waals surface area contributed by atoms with Gasteiger partial charge in [-0.25, -0.2) is 15.0 Å². The van der Waals surface area contributed by atoms with Crippen molar-refractivity contribution in [3.63, 3.8) is 0 Å². The minimum Gasteiger partial charge on any atom is -0.444 e. The molecule has 2 amide bonds. The molecule has 0 radical (unpaired) electrons. The van der Waals surface area contributed by atoms with E-state index in [4.69, 9.17) is 10.6 Å². The fraction of sp³-hybridized carbons (Fsp3) is 0.579. The Morgan fingerprint density at radius 1 is 1.19 bits per heavy atom. The maximum absolute atomic E-state index is 13.3. The Bertz CT molecular complexity index is 675. The number of ether oxygens (including phenoxy) is 1. The molecule has 7 nitrogen and oxygen atoms in total. The molecule has 27 heavy (non-hydrogen) atoms. The standard InChI is InChI=1S/C19H29FN4O3/c1-12-11-24(18(26)27-19(3,4)5)13(2)10-23(12)16(17(25)22-21)14-6-8-15(20)9-7-14/h6-9,12-13,16H,10-11,21H2,1-5H3,(H,22,25)/t12-,13-,16?/m0/s1. The summed E-state index contributed by atoms with van der Waals surface area (Å²) in [6.45, 7) is 10.2. The molecule has 2 rings (SSSR count). The molecule has 1 aromatic carbocycles. The second kappa shape index (κ2) is 8.22. The third kappa shape index (κ3) is 5.17. The van der Waals surface area contributed by atoms with Crippen molar-refractivity contribution in [3.8, 4) is 0 Å². The lowest BCUT2D eigenvalue weighted by Gasteiger charge is -2.46. The number of halogens is 1. The van der Waals surface area contributed by atoms with Gasteiger partial charge < -0.3 is 9.64 Å². The van der Waals surface area contributed by atoms with E-state index in [1.807, 2.05) is 39.5 Å². The zero-order valence-corrected chi connectivity index (χ0v) is 16.5. The number of rotatable bonds is 3. The summed E-state index contributed by atoms with van der Waals surface area (Å²) in [5.41, 5.74) is 2.26. The molecule has 3 atom stereocenters. The van der Waals surface area contributed by atoms with Gasteiger partial charge in [0.15, 0.2) is 0 Å². The van der Waals surface area contributed by atoms with Crippen molar-refractivity contribution in [2.45, 2.75) is 58.3 Å². The number of benzene rings is 1. The molecule has 1 heterocycles. The van der Waals surface area contributed by atoms with E-state index in [0.29, 0.717) is 18.7 Å². The van der Waals surface area contributed by atoms with Crippen molar-refractivity contribution in [2.75, 3.05) is 13.1 Å². The predicted octanol–water partition coefficient (Wildman–Crippen LogP) is 2.19. The summed E-state index contributed by atoms with van der Waals surface area (Å²) in [6, 6.07) is 4.83. The number of nitrogens with zero attached hydrogens (tertiary/aromatic N) is 2. The average Bonchev–Trinajstić information content (AvgIpc) is 2.57. The van der Waals surface area contributed by atoms with Crippen LogP contribution >= 0.6 is 0 Å². The molecule has 0 bridgehead atoms. The predicted molar refractivity (Wildman–Crippen MR) is 100 cm³/mol. The van der Waals surface area contributed by atoms with E-state index in [0.717, 1.165) is 0 Å². The molecule has 8 heteroatoms. The molecule has 0 aliphatic carbocycles. The van der Waals surface area contributed by atoms with E-state index in [9.17, 15) is 14.0 Å². The number of hydrogen-bond acceptors (Lipinski definition) is 5. The van der Waals surface area contributed by atoms with Gasteiger partial charge in [0.1, 0.15) is 17.5 Å². The van der Waals surface area contributed by atoms with Crippen LogP contribution in [0.25, 0.3) is 0 Å². The third-order valence-corrected chi connectivity index (χ3v) is 4.57. The van der Waals surface area contributed by atoms with Crippen LogP contribution in [0.3, 0.4) is 0 Å². The van der Waals surface area contributed by atoms with E-state index in [2.05, 4.69) is 5.43 Å². The summed E-state index contributed by atoms with van der Waals surface area (Å²) >= 11 is 0. The van der Waals surface area contributed by atoms with Crippen LogP contribution in [-0.4, -0.2) is 52.6 Å². The summed E-state index contributed by atoms with van der Waals surface area (Å²) in [4.78, 5) is 28.6. The lowest BCUT2D eigenvalue weighted by Crippen LogP contribution is -2.61. The SMILES string of the molecule is C[C@H]1CN(C(C(=O)NN)c2ccc(F)cc2)[C@@H](C)CN1C(=O)OC(C)(C)C. The highest BCUT2D eigenvalue weighted by Gasteiger charge is 2.39. The Balaban J connectivity index is 2.23. The quantitative estimate of drug-likeness (QED) is 0.477. The second-order valence-corrected chi connectivity index (χ2v) is 7.99. The lowest BCUT2D eigenvalue weighted by molar-refractivity contribution is -0.129. The molecule has 150 valence electrons. The number of nitrogens with one attached hydrogen (secondary N) is 1. The molecule has 1 aromatic rings. The number of hydrogen-bond donors (Lipinski definition) is 2. The number of nitrogens with two attached hydrogens (primary N) is 1. The molecule has 1 aliphatic heterocycles. The van der Waals surface area contributed by atoms with Crippen molar-refractivity contribution in [3.05, 3.63) is 35.6 Å². The Morgan fingerprint density at radius 2 is 1.78 bits per heavy atom. The van der Waals surface area contributed by atoms with Crippen LogP contribution < -0.4 is 11.3 Å².